The summed E-state index contributed by atoms with van der Waals surface area (Å²) in [6.45, 7) is 7.63. The molecule has 30 heavy (non-hydrogen) atoms. The fourth-order valence-corrected chi connectivity index (χ4v) is 4.43. The molecule has 0 saturated carbocycles. The predicted molar refractivity (Wildman–Crippen MR) is 115 cm³/mol. The summed E-state index contributed by atoms with van der Waals surface area (Å²) in [5.74, 6) is -3.68. The van der Waals surface area contributed by atoms with Crippen LogP contribution >= 0.6 is 0 Å². The summed E-state index contributed by atoms with van der Waals surface area (Å²) >= 11 is 0. The molecule has 0 fully saturated rings. The van der Waals surface area contributed by atoms with Crippen molar-refractivity contribution in [3.63, 3.8) is 0 Å². The van der Waals surface area contributed by atoms with Gasteiger partial charge in [0.25, 0.3) is 0 Å². The molecule has 0 aromatic carbocycles. The largest absolute Gasteiger partial charge is 0.544 e. The Morgan fingerprint density at radius 1 is 0.767 bits per heavy atom. The van der Waals surface area contributed by atoms with Gasteiger partial charge in [-0.15, -0.1) is 0 Å². The normalized spacial score (nSPS) is 16.7. The van der Waals surface area contributed by atoms with Gasteiger partial charge in [0, 0.05) is 19.3 Å². The maximum absolute atomic E-state index is 12.3. The summed E-state index contributed by atoms with van der Waals surface area (Å²) in [6, 6.07) is -3.45. The zero-order chi connectivity index (χ0) is 23.2. The first kappa shape index (κ1) is 28.1. The Morgan fingerprint density at radius 3 is 1.60 bits per heavy atom. The van der Waals surface area contributed by atoms with Crippen molar-refractivity contribution < 1.29 is 34.2 Å². The van der Waals surface area contributed by atoms with Gasteiger partial charge in [0.2, 0.25) is 0 Å². The van der Waals surface area contributed by atoms with Crippen LogP contribution in [0.1, 0.15) is 91.9 Å². The topological polar surface area (TPSA) is 115 Å². The molecule has 3 unspecified atom stereocenters. The van der Waals surface area contributed by atoms with E-state index in [-0.39, 0.29) is 25.8 Å². The molecule has 0 rings (SSSR count). The highest BCUT2D eigenvalue weighted by Crippen LogP contribution is 2.33. The Hall–Kier alpha value is -1.89. The first-order valence-electron chi connectivity index (χ1n) is 11.4. The van der Waals surface area contributed by atoms with E-state index in [4.69, 9.17) is 0 Å². The number of carboxylic acids is 3. The fourth-order valence-electron chi connectivity index (χ4n) is 4.43. The molecule has 174 valence electrons. The summed E-state index contributed by atoms with van der Waals surface area (Å²) in [7, 11) is 0. The quantitative estimate of drug-likeness (QED) is 0.197. The molecule has 0 spiro atoms. The Balaban J connectivity index is 6.58. The second kappa shape index (κ2) is 15.0. The van der Waals surface area contributed by atoms with Crippen molar-refractivity contribution in [3.05, 3.63) is 12.2 Å². The Kier molecular flexibility index (Phi) is 14.0. The number of unbranched alkanes of at least 4 members (excludes halogenated alkanes) is 3. The number of nitrogens with zero attached hydrogens (tertiary/aromatic N) is 1. The summed E-state index contributed by atoms with van der Waals surface area (Å²) in [4.78, 5) is 36.9. The molecule has 0 amide bonds. The first-order chi connectivity index (χ1) is 14.2. The molecule has 0 saturated heterocycles. The van der Waals surface area contributed by atoms with E-state index in [1.807, 2.05) is 26.8 Å². The number of hydrogen-bond acceptors (Lipinski definition) is 4. The molecule has 0 bridgehead atoms. The third-order valence-corrected chi connectivity index (χ3v) is 5.83. The van der Waals surface area contributed by atoms with Crippen molar-refractivity contribution in [2.45, 2.75) is 110 Å². The van der Waals surface area contributed by atoms with Gasteiger partial charge < -0.3 is 20.1 Å². The number of carbonyl (C=O) groups excluding carboxylic acids is 1. The van der Waals surface area contributed by atoms with E-state index >= 15 is 0 Å². The van der Waals surface area contributed by atoms with Gasteiger partial charge in [-0.3, -0.25) is 4.48 Å². The molecule has 3 atom stereocenters. The Bertz CT molecular complexity index is 500. The highest BCUT2D eigenvalue weighted by molar-refractivity contribution is 5.77. The number of carbonyl (C=O) groups is 3. The van der Waals surface area contributed by atoms with E-state index in [0.29, 0.717) is 19.3 Å². The Labute approximate surface area is 181 Å². The van der Waals surface area contributed by atoms with E-state index in [1.54, 1.807) is 6.08 Å². The number of carboxylic acid groups (broad SMARTS) is 3. The van der Waals surface area contributed by atoms with Gasteiger partial charge in [0.05, 0.1) is 12.5 Å². The zero-order valence-corrected chi connectivity index (χ0v) is 19.1. The average Bonchev–Trinajstić information content (AvgIpc) is 2.68. The van der Waals surface area contributed by atoms with E-state index in [2.05, 4.69) is 6.92 Å². The van der Waals surface area contributed by atoms with Gasteiger partial charge in [0.1, 0.15) is 6.04 Å². The highest BCUT2D eigenvalue weighted by atomic mass is 16.4. The van der Waals surface area contributed by atoms with E-state index < -0.39 is 40.5 Å². The molecule has 0 radical (unpaired) electrons. The van der Waals surface area contributed by atoms with Crippen molar-refractivity contribution in [2.24, 2.45) is 0 Å². The van der Waals surface area contributed by atoms with Crippen LogP contribution in [0.4, 0.5) is 0 Å². The third kappa shape index (κ3) is 7.74. The molecule has 0 heterocycles. The van der Waals surface area contributed by atoms with Gasteiger partial charge in [-0.05, 0) is 31.8 Å². The molecule has 0 aromatic rings. The summed E-state index contributed by atoms with van der Waals surface area (Å²) in [6.07, 6.45) is 9.77. The van der Waals surface area contributed by atoms with Crippen molar-refractivity contribution in [3.8, 4) is 0 Å². The summed E-state index contributed by atoms with van der Waals surface area (Å²) in [5, 5.41) is 32.4. The lowest BCUT2D eigenvalue weighted by molar-refractivity contribution is -0.970. The number of quaternary nitrogens is 1. The van der Waals surface area contributed by atoms with Crippen molar-refractivity contribution in [2.75, 3.05) is 6.54 Å². The number of aliphatic carboxylic acids is 3. The highest BCUT2D eigenvalue weighted by Gasteiger charge is 2.54. The number of rotatable bonds is 18. The summed E-state index contributed by atoms with van der Waals surface area (Å²) < 4.78 is -0.521. The van der Waals surface area contributed by atoms with Gasteiger partial charge in [0.15, 0.2) is 12.1 Å². The van der Waals surface area contributed by atoms with Crippen molar-refractivity contribution in [1.29, 1.82) is 0 Å². The first-order valence-corrected chi connectivity index (χ1v) is 11.4. The third-order valence-electron chi connectivity index (χ3n) is 5.83. The van der Waals surface area contributed by atoms with Gasteiger partial charge >= 0.3 is 11.9 Å². The molecule has 0 aliphatic heterocycles. The summed E-state index contributed by atoms with van der Waals surface area (Å²) in [5.41, 5.74) is 0. The fraction of sp³-hybridized carbons (Fsp3) is 0.783. The lowest BCUT2D eigenvalue weighted by Gasteiger charge is -2.51. The molecule has 7 nitrogen and oxygen atoms in total. The van der Waals surface area contributed by atoms with Gasteiger partial charge in [-0.1, -0.05) is 53.0 Å². The monoisotopic (exact) mass is 427 g/mol. The minimum atomic E-state index is -1.37. The molecule has 0 aliphatic rings. The van der Waals surface area contributed by atoms with Crippen LogP contribution in [0.2, 0.25) is 0 Å². The zero-order valence-electron chi connectivity index (χ0n) is 19.1. The number of hydrogen-bond donors (Lipinski definition) is 2. The lowest BCUT2D eigenvalue weighted by atomic mass is 9.92. The smallest absolute Gasteiger partial charge is 0.362 e. The molecule has 0 aromatic heterocycles. The van der Waals surface area contributed by atoms with Crippen LogP contribution in [-0.2, 0) is 14.4 Å². The van der Waals surface area contributed by atoms with E-state index in [0.717, 1.165) is 25.7 Å². The minimum absolute atomic E-state index is 0.0543. The van der Waals surface area contributed by atoms with E-state index in [9.17, 15) is 29.7 Å². The number of allylic oxidation sites excluding steroid dienone is 1. The minimum Gasteiger partial charge on any atom is -0.544 e. The maximum Gasteiger partial charge on any atom is 0.362 e. The standard InChI is InChI=1S/C23H41NO6/c1-5-9-10-11-12-13-17-24(18(14-6-2)21(25)26,19(15-7-3)22(27)28)20(16-8-4)23(29)30/h12-13,18-20H,5-11,14-17H2,1-4H3,(H2-,25,26,27,28,29,30)/b13-12+. The van der Waals surface area contributed by atoms with Crippen molar-refractivity contribution in [1.82, 2.24) is 0 Å². The lowest BCUT2D eigenvalue weighted by Crippen LogP contribution is -2.73. The Morgan fingerprint density at radius 2 is 1.23 bits per heavy atom. The van der Waals surface area contributed by atoms with Crippen LogP contribution in [0.5, 0.6) is 0 Å². The molecular formula is C23H41NO6. The second-order valence-electron chi connectivity index (χ2n) is 8.05. The van der Waals surface area contributed by atoms with Crippen LogP contribution < -0.4 is 5.11 Å². The van der Waals surface area contributed by atoms with Crippen LogP contribution in [0.25, 0.3) is 0 Å². The van der Waals surface area contributed by atoms with Gasteiger partial charge in [-0.2, -0.15) is 0 Å². The SMILES string of the molecule is CCCCC/C=C/C[N+](C(CCC)C(=O)[O-])(C(CCC)C(=O)O)C(CCC)C(=O)O. The van der Waals surface area contributed by atoms with Crippen molar-refractivity contribution >= 4 is 17.9 Å². The van der Waals surface area contributed by atoms with Crippen LogP contribution in [0.3, 0.4) is 0 Å². The van der Waals surface area contributed by atoms with Crippen LogP contribution in [0.15, 0.2) is 12.2 Å². The predicted octanol–water partition coefficient (Wildman–Crippen LogP) is 3.36. The molecule has 7 heteroatoms. The van der Waals surface area contributed by atoms with E-state index in [1.165, 1.54) is 0 Å². The van der Waals surface area contributed by atoms with Gasteiger partial charge in [-0.25, -0.2) is 9.59 Å². The molecule has 0 aliphatic carbocycles. The van der Waals surface area contributed by atoms with Crippen LogP contribution in [-0.4, -0.2) is 57.3 Å². The molecule has 2 N–H and O–H groups in total. The van der Waals surface area contributed by atoms with Crippen LogP contribution in [0, 0.1) is 0 Å². The second-order valence-corrected chi connectivity index (χ2v) is 8.05. The average molecular weight is 428 g/mol. The maximum atomic E-state index is 12.3. The molecular weight excluding hydrogens is 386 g/mol.